The van der Waals surface area contributed by atoms with Gasteiger partial charge >= 0.3 is 0 Å². The summed E-state index contributed by atoms with van der Waals surface area (Å²) in [6, 6.07) is 15.2. The summed E-state index contributed by atoms with van der Waals surface area (Å²) < 4.78 is 30.2. The Labute approximate surface area is 272 Å². The van der Waals surface area contributed by atoms with Crippen LogP contribution >= 0.6 is 0 Å². The van der Waals surface area contributed by atoms with Crippen LogP contribution in [0.5, 0.6) is 0 Å². The highest BCUT2D eigenvalue weighted by Gasteiger charge is 2.23. The Morgan fingerprint density at radius 1 is 0.804 bits per heavy atom. The fraction of sp³-hybridized carbons (Fsp3) is 0.389. The summed E-state index contributed by atoms with van der Waals surface area (Å²) >= 11 is 0. The second-order valence-electron chi connectivity index (χ2n) is 12.4. The number of aryl methyl sites for hydroxylation is 4. The number of allylic oxidation sites excluding steroid dienone is 2. The maximum atomic E-state index is 14.0. The average Bonchev–Trinajstić information content (AvgIpc) is 3.38. The molecule has 248 valence electrons. The molecule has 0 saturated heterocycles. The third kappa shape index (κ3) is 8.77. The summed E-state index contributed by atoms with van der Waals surface area (Å²) in [7, 11) is 2.96. The first-order chi connectivity index (χ1) is 21.6. The van der Waals surface area contributed by atoms with Crippen molar-refractivity contribution in [2.24, 2.45) is 25.9 Å². The number of nitrogens with one attached hydrogen (secondary N) is 2. The van der Waals surface area contributed by atoms with E-state index in [1.165, 1.54) is 14.1 Å². The van der Waals surface area contributed by atoms with E-state index in [-0.39, 0.29) is 12.6 Å². The molecule has 2 aromatic heterocycles. The molecule has 46 heavy (non-hydrogen) atoms. The molecule has 2 N–H and O–H groups in total. The van der Waals surface area contributed by atoms with Crippen molar-refractivity contribution in [3.63, 3.8) is 0 Å². The lowest BCUT2D eigenvalue weighted by Crippen LogP contribution is -2.16. The smallest absolute Gasteiger partial charge is 0.262 e. The molecule has 0 aliphatic heterocycles. The normalized spacial score (nSPS) is 12.2. The van der Waals surface area contributed by atoms with E-state index in [1.807, 2.05) is 55.5 Å². The van der Waals surface area contributed by atoms with Crippen LogP contribution < -0.4 is 10.6 Å². The van der Waals surface area contributed by atoms with Crippen LogP contribution in [0.1, 0.15) is 98.5 Å². The minimum absolute atomic E-state index is 0. The van der Waals surface area contributed by atoms with E-state index in [4.69, 9.17) is 0 Å². The van der Waals surface area contributed by atoms with Gasteiger partial charge in [-0.3, -0.25) is 9.59 Å². The summed E-state index contributed by atoms with van der Waals surface area (Å²) in [5.41, 5.74) is 5.19. The van der Waals surface area contributed by atoms with Gasteiger partial charge in [0.05, 0.1) is 11.4 Å². The SMILES string of the molecule is C/C(=C\C(C)C)c1ccccc1NC(=O)c1c(C)nn(C)c1F.Cc1nn(C)c(F)c1C(=O)Nc1ccccc1[C@@H](C)CC(C)C.[HH]. The molecule has 0 fully saturated rings. The first-order valence-corrected chi connectivity index (χ1v) is 15.5. The predicted molar refractivity (Wildman–Crippen MR) is 183 cm³/mol. The van der Waals surface area contributed by atoms with Crippen LogP contribution in [0.4, 0.5) is 20.2 Å². The minimum Gasteiger partial charge on any atom is -0.322 e. The molecule has 2 amide bonds. The first kappa shape index (κ1) is 35.9. The summed E-state index contributed by atoms with van der Waals surface area (Å²) in [5, 5.41) is 13.5. The van der Waals surface area contributed by atoms with Gasteiger partial charge in [-0.25, -0.2) is 9.36 Å². The van der Waals surface area contributed by atoms with Gasteiger partial charge in [-0.05, 0) is 68.2 Å². The van der Waals surface area contributed by atoms with Crippen LogP contribution in [0.3, 0.4) is 0 Å². The fourth-order valence-corrected chi connectivity index (χ4v) is 5.55. The predicted octanol–water partition coefficient (Wildman–Crippen LogP) is 8.69. The Hall–Kier alpha value is -4.60. The maximum Gasteiger partial charge on any atom is 0.262 e. The number of para-hydroxylation sites is 2. The lowest BCUT2D eigenvalue weighted by atomic mass is 9.91. The largest absolute Gasteiger partial charge is 0.322 e. The van der Waals surface area contributed by atoms with Crippen molar-refractivity contribution in [3.05, 3.63) is 100 Å². The molecule has 2 aromatic carbocycles. The lowest BCUT2D eigenvalue weighted by Gasteiger charge is -2.18. The maximum absolute atomic E-state index is 14.0. The Morgan fingerprint density at radius 2 is 1.26 bits per heavy atom. The van der Waals surface area contributed by atoms with Crippen molar-refractivity contribution in [2.75, 3.05) is 10.6 Å². The molecule has 0 aliphatic rings. The molecular weight excluding hydrogens is 586 g/mol. The van der Waals surface area contributed by atoms with Crippen LogP contribution in [0.25, 0.3) is 5.57 Å². The quantitative estimate of drug-likeness (QED) is 0.193. The van der Waals surface area contributed by atoms with Gasteiger partial charge in [0.1, 0.15) is 11.1 Å². The standard InChI is InChI=1S/C18H24FN3O.C18H22FN3O.H2/c2*1-11(2)10-12(3)14-8-6-7-9-15(14)20-18(23)16-13(4)21-22(5)17(16)19;/h6-9,11-12H,10H2,1-5H3,(H,20,23);6-11H,1-5H3,(H,20,23);1H/b;12-10+;/t12-;;/m0../s1. The van der Waals surface area contributed by atoms with E-state index in [0.29, 0.717) is 34.8 Å². The number of nitrogens with zero attached hydrogens (tertiary/aromatic N) is 4. The summed E-state index contributed by atoms with van der Waals surface area (Å²) in [4.78, 5) is 24.9. The average molecular weight is 635 g/mol. The number of aromatic nitrogens is 4. The summed E-state index contributed by atoms with van der Waals surface area (Å²) in [6.45, 7) is 15.9. The molecule has 0 aliphatic carbocycles. The van der Waals surface area contributed by atoms with Crippen LogP contribution in [0.2, 0.25) is 0 Å². The van der Waals surface area contributed by atoms with E-state index < -0.39 is 23.7 Å². The molecule has 0 unspecified atom stereocenters. The number of carbonyl (C=O) groups is 2. The molecule has 10 heteroatoms. The molecule has 0 saturated carbocycles. The van der Waals surface area contributed by atoms with Gasteiger partial charge in [0.15, 0.2) is 0 Å². The number of anilines is 2. The van der Waals surface area contributed by atoms with Gasteiger partial charge in [0, 0.05) is 32.5 Å². The topological polar surface area (TPSA) is 93.8 Å². The number of hydrogen-bond acceptors (Lipinski definition) is 4. The first-order valence-electron chi connectivity index (χ1n) is 15.5. The second kappa shape index (κ2) is 15.6. The highest BCUT2D eigenvalue weighted by atomic mass is 19.1. The van der Waals surface area contributed by atoms with Crippen LogP contribution in [-0.4, -0.2) is 31.4 Å². The second-order valence-corrected chi connectivity index (χ2v) is 12.4. The van der Waals surface area contributed by atoms with Gasteiger partial charge in [-0.2, -0.15) is 19.0 Å². The van der Waals surface area contributed by atoms with E-state index in [9.17, 15) is 18.4 Å². The third-order valence-corrected chi connectivity index (χ3v) is 7.51. The van der Waals surface area contributed by atoms with Gasteiger partial charge in [0.25, 0.3) is 11.8 Å². The number of amides is 2. The third-order valence-electron chi connectivity index (χ3n) is 7.51. The molecule has 0 spiro atoms. The van der Waals surface area contributed by atoms with Crippen molar-refractivity contribution in [3.8, 4) is 0 Å². The summed E-state index contributed by atoms with van der Waals surface area (Å²) in [6.07, 6.45) is 3.15. The van der Waals surface area contributed by atoms with Gasteiger partial charge < -0.3 is 10.6 Å². The monoisotopic (exact) mass is 634 g/mol. The number of halogens is 2. The van der Waals surface area contributed by atoms with Crippen molar-refractivity contribution in [2.45, 2.75) is 67.7 Å². The Kier molecular flexibility index (Phi) is 12.2. The zero-order valence-corrected chi connectivity index (χ0v) is 28.5. The molecular formula is C36H48F2N6O2. The fourth-order valence-electron chi connectivity index (χ4n) is 5.55. The highest BCUT2D eigenvalue weighted by Crippen LogP contribution is 2.30. The molecule has 1 atom stereocenters. The number of carbonyl (C=O) groups excluding carboxylic acids is 2. The van der Waals surface area contributed by atoms with Gasteiger partial charge in [-0.1, -0.05) is 77.1 Å². The van der Waals surface area contributed by atoms with E-state index in [2.05, 4.69) is 61.5 Å². The molecule has 0 bridgehead atoms. The molecule has 0 radical (unpaired) electrons. The zero-order valence-electron chi connectivity index (χ0n) is 28.5. The number of hydrogen-bond donors (Lipinski definition) is 2. The minimum atomic E-state index is -0.632. The van der Waals surface area contributed by atoms with Crippen molar-refractivity contribution in [1.82, 2.24) is 19.6 Å². The Bertz CT molecular complexity index is 1720. The van der Waals surface area contributed by atoms with E-state index >= 15 is 0 Å². The molecule has 4 rings (SSSR count). The molecule has 4 aromatic rings. The van der Waals surface area contributed by atoms with Gasteiger partial charge in [0.2, 0.25) is 11.9 Å². The van der Waals surface area contributed by atoms with Crippen molar-refractivity contribution in [1.29, 1.82) is 0 Å². The van der Waals surface area contributed by atoms with Gasteiger partial charge in [-0.15, -0.1) is 0 Å². The number of benzene rings is 2. The molecule has 8 nitrogen and oxygen atoms in total. The van der Waals surface area contributed by atoms with Crippen LogP contribution in [-0.2, 0) is 14.1 Å². The zero-order chi connectivity index (χ0) is 34.3. The Balaban J connectivity index is 0.000000320. The van der Waals surface area contributed by atoms with E-state index in [0.717, 1.165) is 38.2 Å². The lowest BCUT2D eigenvalue weighted by molar-refractivity contribution is 0.101. The number of rotatable bonds is 9. The highest BCUT2D eigenvalue weighted by molar-refractivity contribution is 6.06. The van der Waals surface area contributed by atoms with Crippen molar-refractivity contribution < 1.29 is 19.8 Å². The Morgan fingerprint density at radius 3 is 1.72 bits per heavy atom. The van der Waals surface area contributed by atoms with E-state index in [1.54, 1.807) is 13.8 Å². The van der Waals surface area contributed by atoms with Crippen LogP contribution in [0, 0.1) is 37.6 Å². The summed E-state index contributed by atoms with van der Waals surface area (Å²) in [5.74, 6) is -0.926. The van der Waals surface area contributed by atoms with Crippen molar-refractivity contribution >= 4 is 28.8 Å². The van der Waals surface area contributed by atoms with Crippen LogP contribution in [0.15, 0.2) is 54.6 Å². The molecule has 2 heterocycles.